The molecule has 9 heteroatoms. The Balaban J connectivity index is 0.00000118. The molecule has 0 saturated heterocycles. The van der Waals surface area contributed by atoms with E-state index in [1.165, 1.54) is 18.9 Å². The van der Waals surface area contributed by atoms with Crippen molar-refractivity contribution >= 4 is 28.7 Å². The summed E-state index contributed by atoms with van der Waals surface area (Å²) < 4.78 is 5.67. The summed E-state index contributed by atoms with van der Waals surface area (Å²) in [5.41, 5.74) is 16.5. The van der Waals surface area contributed by atoms with E-state index in [0.29, 0.717) is 17.9 Å². The predicted octanol–water partition coefficient (Wildman–Crippen LogP) is 6.27. The number of nitrogen functional groups attached to an aromatic ring is 1. The number of rotatable bonds is 9. The van der Waals surface area contributed by atoms with Gasteiger partial charge in [-0.1, -0.05) is 44.9 Å². The molecule has 0 radical (unpaired) electrons. The molecule has 3 aromatic carbocycles. The number of aliphatic imine (C=N–C) groups is 1. The topological polar surface area (TPSA) is 132 Å². The van der Waals surface area contributed by atoms with E-state index in [2.05, 4.69) is 24.2 Å². The van der Waals surface area contributed by atoms with Crippen molar-refractivity contribution in [3.8, 4) is 16.9 Å². The Labute approximate surface area is 225 Å². The van der Waals surface area contributed by atoms with E-state index < -0.39 is 4.92 Å². The minimum atomic E-state index is -0.501. The van der Waals surface area contributed by atoms with E-state index in [4.69, 9.17) is 16.2 Å². The summed E-state index contributed by atoms with van der Waals surface area (Å²) in [5, 5.41) is 14.8. The Kier molecular flexibility index (Phi) is 11.6. The van der Waals surface area contributed by atoms with E-state index >= 15 is 0 Å². The Morgan fingerprint density at radius 3 is 2.18 bits per heavy atom. The maximum absolute atomic E-state index is 11.8. The Bertz CT molecular complexity index is 1220. The third-order valence-electron chi connectivity index (χ3n) is 5.75. The Morgan fingerprint density at radius 1 is 1.05 bits per heavy atom. The van der Waals surface area contributed by atoms with Gasteiger partial charge in [-0.3, -0.25) is 10.1 Å². The Hall–Kier alpha value is -4.11. The molecule has 0 aliphatic rings. The molecular weight excluding hydrogens is 480 g/mol. The first-order valence-electron chi connectivity index (χ1n) is 12.7. The number of hydrogen-bond acceptors (Lipinski definition) is 6. The number of benzene rings is 3. The molecule has 5 N–H and O–H groups in total. The smallest absolute Gasteiger partial charge is 0.297 e. The van der Waals surface area contributed by atoms with Crippen molar-refractivity contribution in [1.29, 1.82) is 0 Å². The fourth-order valence-electron chi connectivity index (χ4n) is 3.59. The van der Waals surface area contributed by atoms with Gasteiger partial charge in [0.25, 0.3) is 5.69 Å². The maximum Gasteiger partial charge on any atom is 0.297 e. The monoisotopic (exact) mass is 520 g/mol. The van der Waals surface area contributed by atoms with Gasteiger partial charge in [-0.05, 0) is 80.5 Å². The summed E-state index contributed by atoms with van der Waals surface area (Å²) in [4.78, 5) is 17.6. The second-order valence-electron chi connectivity index (χ2n) is 9.26. The van der Waals surface area contributed by atoms with Gasteiger partial charge in [-0.2, -0.15) is 0 Å². The lowest BCUT2D eigenvalue weighted by atomic mass is 9.94. The molecule has 0 unspecified atom stereocenters. The van der Waals surface area contributed by atoms with Gasteiger partial charge in [-0.15, -0.1) is 0 Å². The fraction of sp³-hybridized carbons (Fsp3) is 0.345. The van der Waals surface area contributed by atoms with Crippen LogP contribution in [0.25, 0.3) is 11.1 Å². The van der Waals surface area contributed by atoms with Crippen molar-refractivity contribution in [2.24, 2.45) is 10.7 Å². The van der Waals surface area contributed by atoms with Crippen molar-refractivity contribution in [1.82, 2.24) is 4.90 Å². The van der Waals surface area contributed by atoms with Gasteiger partial charge in [0, 0.05) is 18.3 Å². The third kappa shape index (κ3) is 8.77. The summed E-state index contributed by atoms with van der Waals surface area (Å²) in [6, 6.07) is 16.2. The first-order chi connectivity index (χ1) is 18.1. The molecule has 0 fully saturated rings. The average Bonchev–Trinajstić information content (AvgIpc) is 2.86. The lowest BCUT2D eigenvalue weighted by Gasteiger charge is -2.13. The zero-order valence-electron chi connectivity index (χ0n) is 23.2. The standard InChI is InChI=1S/C25H30N6O3.C4H10/c1-16-6-5-7-17(2)23(16)18-14-21(26)24(22(15-18)31(32)33)29-25(27)28-19-8-10-20(11-9-19)34-13-12-30(3)4;1-3-4-2/h5-11,14-15H,12-13,26H2,1-4H3,(H3,27,28,29);3-4H2,1-2H3. The third-order valence-corrected chi connectivity index (χ3v) is 5.75. The lowest BCUT2D eigenvalue weighted by molar-refractivity contribution is -0.383. The second-order valence-corrected chi connectivity index (χ2v) is 9.26. The fourth-order valence-corrected chi connectivity index (χ4v) is 3.59. The Morgan fingerprint density at radius 2 is 1.66 bits per heavy atom. The van der Waals surface area contributed by atoms with Crippen LogP contribution in [0.4, 0.5) is 22.7 Å². The van der Waals surface area contributed by atoms with Crippen LogP contribution >= 0.6 is 0 Å². The van der Waals surface area contributed by atoms with Gasteiger partial charge >= 0.3 is 0 Å². The molecule has 204 valence electrons. The van der Waals surface area contributed by atoms with Crippen LogP contribution in [0.3, 0.4) is 0 Å². The largest absolute Gasteiger partial charge is 0.492 e. The van der Waals surface area contributed by atoms with Crippen LogP contribution in [0.1, 0.15) is 37.8 Å². The van der Waals surface area contributed by atoms with E-state index in [0.717, 1.165) is 29.0 Å². The van der Waals surface area contributed by atoms with Crippen molar-refractivity contribution in [2.75, 3.05) is 38.3 Å². The van der Waals surface area contributed by atoms with Crippen molar-refractivity contribution < 1.29 is 9.66 Å². The van der Waals surface area contributed by atoms with Gasteiger partial charge < -0.3 is 26.4 Å². The molecule has 0 amide bonds. The number of nitro groups is 1. The first-order valence-corrected chi connectivity index (χ1v) is 12.7. The van der Waals surface area contributed by atoms with Crippen molar-refractivity contribution in [3.05, 3.63) is 75.8 Å². The van der Waals surface area contributed by atoms with Crippen LogP contribution in [0, 0.1) is 24.0 Å². The number of anilines is 2. The average molecular weight is 521 g/mol. The number of guanidine groups is 1. The number of nitrogens with zero attached hydrogens (tertiary/aromatic N) is 3. The van der Waals surface area contributed by atoms with Gasteiger partial charge in [-0.25, -0.2) is 4.99 Å². The van der Waals surface area contributed by atoms with E-state index in [9.17, 15) is 10.1 Å². The molecule has 3 rings (SSSR count). The van der Waals surface area contributed by atoms with Gasteiger partial charge in [0.05, 0.1) is 10.6 Å². The number of unbranched alkanes of at least 4 members (excludes halogenated alkanes) is 1. The number of nitrogens with two attached hydrogens (primary N) is 2. The SMILES string of the molecule is CCCC.Cc1cccc(C)c1-c1cc(N)c(N=C(N)Nc2ccc(OCCN(C)C)cc2)c([N+](=O)[O-])c1. The van der Waals surface area contributed by atoms with E-state index in [1.807, 2.05) is 51.0 Å². The quantitative estimate of drug-likeness (QED) is 0.0996. The van der Waals surface area contributed by atoms with Crippen molar-refractivity contribution in [2.45, 2.75) is 40.5 Å². The van der Waals surface area contributed by atoms with Gasteiger partial charge in [0.1, 0.15) is 12.4 Å². The molecule has 38 heavy (non-hydrogen) atoms. The van der Waals surface area contributed by atoms with Crippen LogP contribution in [0.5, 0.6) is 5.75 Å². The minimum absolute atomic E-state index is 0.00799. The van der Waals surface area contributed by atoms with Crippen LogP contribution < -0.4 is 21.5 Å². The lowest BCUT2D eigenvalue weighted by Crippen LogP contribution is -2.22. The number of aryl methyl sites for hydroxylation is 2. The highest BCUT2D eigenvalue weighted by molar-refractivity contribution is 5.97. The molecule has 0 aliphatic carbocycles. The molecule has 0 heterocycles. The summed E-state index contributed by atoms with van der Waals surface area (Å²) in [5.74, 6) is 0.709. The number of nitro benzene ring substituents is 1. The van der Waals surface area contributed by atoms with Crippen molar-refractivity contribution in [3.63, 3.8) is 0 Å². The normalized spacial score (nSPS) is 11.1. The summed E-state index contributed by atoms with van der Waals surface area (Å²) in [6.07, 6.45) is 2.64. The number of likely N-dealkylation sites (N-methyl/N-ethyl adjacent to an activating group) is 1. The summed E-state index contributed by atoms with van der Waals surface area (Å²) in [6.45, 7) is 9.65. The highest BCUT2D eigenvalue weighted by atomic mass is 16.6. The van der Waals surface area contributed by atoms with Crippen LogP contribution in [0.2, 0.25) is 0 Å². The molecule has 9 nitrogen and oxygen atoms in total. The molecule has 0 aliphatic heterocycles. The molecule has 3 aromatic rings. The first kappa shape index (κ1) is 30.1. The van der Waals surface area contributed by atoms with Gasteiger partial charge in [0.2, 0.25) is 0 Å². The number of hydrogen-bond donors (Lipinski definition) is 3. The summed E-state index contributed by atoms with van der Waals surface area (Å²) >= 11 is 0. The minimum Gasteiger partial charge on any atom is -0.492 e. The second kappa shape index (κ2) is 14.6. The molecule has 0 atom stereocenters. The highest BCUT2D eigenvalue weighted by Crippen LogP contribution is 2.40. The zero-order chi connectivity index (χ0) is 28.2. The van der Waals surface area contributed by atoms with Crippen LogP contribution in [-0.2, 0) is 0 Å². The molecule has 0 saturated carbocycles. The van der Waals surface area contributed by atoms with Gasteiger partial charge in [0.15, 0.2) is 11.6 Å². The maximum atomic E-state index is 11.8. The molecule has 0 bridgehead atoms. The predicted molar refractivity (Wildman–Crippen MR) is 158 cm³/mol. The molecular formula is C29H40N6O3. The van der Waals surface area contributed by atoms with Crippen LogP contribution in [-0.4, -0.2) is 43.0 Å². The summed E-state index contributed by atoms with van der Waals surface area (Å²) in [7, 11) is 3.96. The number of nitrogens with one attached hydrogen (secondary N) is 1. The zero-order valence-corrected chi connectivity index (χ0v) is 23.2. The molecule has 0 spiro atoms. The van der Waals surface area contributed by atoms with E-state index in [-0.39, 0.29) is 23.0 Å². The number of ether oxygens (including phenoxy) is 1. The van der Waals surface area contributed by atoms with Crippen LogP contribution in [0.15, 0.2) is 59.6 Å². The van der Waals surface area contributed by atoms with E-state index in [1.54, 1.807) is 30.3 Å². The highest BCUT2D eigenvalue weighted by Gasteiger charge is 2.20. The molecule has 0 aromatic heterocycles.